The second-order valence-corrected chi connectivity index (χ2v) is 2.71. The van der Waals surface area contributed by atoms with E-state index in [4.69, 9.17) is 0 Å². The molecule has 17 heavy (non-hydrogen) atoms. The number of nitrogens with zero attached hydrogens (tertiary/aromatic N) is 3. The zero-order valence-corrected chi connectivity index (χ0v) is 11.7. The van der Waals surface area contributed by atoms with Crippen LogP contribution in [0.2, 0.25) is 0 Å². The maximum atomic E-state index is 10.4. The average Bonchev–Trinajstić information content (AvgIpc) is 2.15. The quantitative estimate of drug-likeness (QED) is 0.202. The summed E-state index contributed by atoms with van der Waals surface area (Å²) in [6, 6.07) is 2.50. The van der Waals surface area contributed by atoms with Gasteiger partial charge in [-0.2, -0.15) is 4.90 Å². The molecular weight excluding hydrogens is 261 g/mol. The van der Waals surface area contributed by atoms with Crippen molar-refractivity contribution in [1.29, 1.82) is 0 Å². The van der Waals surface area contributed by atoms with E-state index in [-0.39, 0.29) is 56.9 Å². The van der Waals surface area contributed by atoms with Crippen LogP contribution in [-0.4, -0.2) is 21.0 Å². The van der Waals surface area contributed by atoms with Crippen molar-refractivity contribution in [2.75, 3.05) is 0 Å². The van der Waals surface area contributed by atoms with Gasteiger partial charge in [0.15, 0.2) is 6.21 Å². The van der Waals surface area contributed by atoms with Gasteiger partial charge in [-0.15, -0.1) is 0 Å². The molecule has 0 spiro atoms. The summed E-state index contributed by atoms with van der Waals surface area (Å²) in [4.78, 5) is 18.3. The molecule has 0 amide bonds. The Bertz CT molecular complexity index is 452. The molecule has 0 bridgehead atoms. The summed E-state index contributed by atoms with van der Waals surface area (Å²) in [5.74, 6) is 0. The van der Waals surface area contributed by atoms with Crippen LogP contribution >= 0.6 is 0 Å². The average molecular weight is 265 g/mol. The van der Waals surface area contributed by atoms with Crippen molar-refractivity contribution in [3.8, 4) is 0 Å². The molecule has 0 saturated heterocycles. The predicted molar refractivity (Wildman–Crippen MR) is 51.9 cm³/mol. The molecular formula is C7H4KN3O6. The van der Waals surface area contributed by atoms with Gasteiger partial charge in [-0.1, -0.05) is 0 Å². The molecule has 0 aliphatic rings. The second kappa shape index (κ2) is 6.61. The van der Waals surface area contributed by atoms with Crippen LogP contribution < -0.4 is 51.4 Å². The third kappa shape index (κ3) is 4.75. The zero-order valence-electron chi connectivity index (χ0n) is 8.60. The monoisotopic (exact) mass is 265 g/mol. The maximum absolute atomic E-state index is 10.4. The fourth-order valence-corrected chi connectivity index (χ4v) is 1.03. The Hall–Kier alpha value is -1.07. The fourth-order valence-electron chi connectivity index (χ4n) is 1.03. The van der Waals surface area contributed by atoms with Gasteiger partial charge in [-0.05, 0) is 0 Å². The molecule has 0 heterocycles. The van der Waals surface area contributed by atoms with Crippen LogP contribution in [0, 0.1) is 30.6 Å². The molecule has 0 saturated carbocycles. The first-order valence-corrected chi connectivity index (χ1v) is 3.82. The molecule has 0 aromatic heterocycles. The van der Waals surface area contributed by atoms with Crippen molar-refractivity contribution < 1.29 is 66.1 Å². The van der Waals surface area contributed by atoms with E-state index in [0.29, 0.717) is 6.21 Å². The van der Waals surface area contributed by atoms with Crippen molar-refractivity contribution >= 4 is 17.6 Å². The topological polar surface area (TPSA) is 135 Å². The SMILES string of the molecule is O=[N+]([O-])c1cc(C=[N+]([O-])[O-])cc([N+](=O)[O-])c1.[K+]. The Morgan fingerprint density at radius 2 is 1.29 bits per heavy atom. The summed E-state index contributed by atoms with van der Waals surface area (Å²) in [5, 5.41) is 41.1. The normalized spacial score (nSPS) is 8.94. The summed E-state index contributed by atoms with van der Waals surface area (Å²) in [7, 11) is 0. The summed E-state index contributed by atoms with van der Waals surface area (Å²) in [6.45, 7) is 0. The number of nitro groups is 2. The molecule has 0 fully saturated rings. The maximum Gasteiger partial charge on any atom is 1.00 e. The number of hydrogen-bond donors (Lipinski definition) is 0. The number of non-ortho nitro benzene ring substituents is 2. The summed E-state index contributed by atoms with van der Waals surface area (Å²) in [5.41, 5.74) is -1.34. The Kier molecular flexibility index (Phi) is 6.19. The largest absolute Gasteiger partial charge is 1.00 e. The number of hydrogen-bond acceptors (Lipinski definition) is 6. The molecule has 0 unspecified atom stereocenters. The van der Waals surface area contributed by atoms with Gasteiger partial charge in [0.25, 0.3) is 11.4 Å². The van der Waals surface area contributed by atoms with Gasteiger partial charge < -0.3 is 10.4 Å². The molecule has 1 rings (SSSR count). The van der Waals surface area contributed by atoms with Gasteiger partial charge in [0.05, 0.1) is 21.5 Å². The van der Waals surface area contributed by atoms with Gasteiger partial charge in [0.1, 0.15) is 0 Å². The van der Waals surface area contributed by atoms with Gasteiger partial charge in [0.2, 0.25) is 0 Å². The fraction of sp³-hybridized carbons (Fsp3) is 0. The van der Waals surface area contributed by atoms with Gasteiger partial charge in [0, 0.05) is 12.1 Å². The molecule has 84 valence electrons. The molecule has 0 aliphatic carbocycles. The molecule has 1 aromatic rings. The summed E-state index contributed by atoms with van der Waals surface area (Å²) in [6.07, 6.45) is 0.458. The van der Waals surface area contributed by atoms with E-state index < -0.39 is 26.1 Å². The van der Waals surface area contributed by atoms with Gasteiger partial charge >= 0.3 is 51.4 Å². The van der Waals surface area contributed by atoms with E-state index in [0.717, 1.165) is 18.2 Å². The first-order chi connectivity index (χ1) is 7.40. The smallest absolute Gasteiger partial charge is 0.612 e. The van der Waals surface area contributed by atoms with Crippen LogP contribution in [0.25, 0.3) is 0 Å². The van der Waals surface area contributed by atoms with Crippen molar-refractivity contribution in [2.45, 2.75) is 0 Å². The molecule has 1 aromatic carbocycles. The van der Waals surface area contributed by atoms with Crippen LogP contribution in [0.4, 0.5) is 11.4 Å². The van der Waals surface area contributed by atoms with Crippen LogP contribution in [0.15, 0.2) is 18.2 Å². The first kappa shape index (κ1) is 15.9. The van der Waals surface area contributed by atoms with Crippen LogP contribution in [-0.2, 0) is 0 Å². The second-order valence-electron chi connectivity index (χ2n) is 2.71. The van der Waals surface area contributed by atoms with E-state index in [1.807, 2.05) is 0 Å². The van der Waals surface area contributed by atoms with Crippen molar-refractivity contribution in [3.05, 3.63) is 54.4 Å². The van der Waals surface area contributed by atoms with Crippen molar-refractivity contribution in [1.82, 2.24) is 0 Å². The van der Waals surface area contributed by atoms with Gasteiger partial charge in [-0.3, -0.25) is 20.2 Å². The standard InChI is InChI=1S/C7H4N3O6.K/c11-8(12)4-5-1-6(9(13)14)3-7(2-5)10(15)16;/h1-4H;/q-1;+1. The Morgan fingerprint density at radius 1 is 0.882 bits per heavy atom. The molecule has 0 radical (unpaired) electrons. The van der Waals surface area contributed by atoms with Crippen LogP contribution in [0.1, 0.15) is 5.56 Å². The van der Waals surface area contributed by atoms with Crippen molar-refractivity contribution in [3.63, 3.8) is 0 Å². The van der Waals surface area contributed by atoms with E-state index in [9.17, 15) is 30.6 Å². The third-order valence-corrected chi connectivity index (χ3v) is 1.60. The number of nitro benzene ring substituents is 2. The summed E-state index contributed by atoms with van der Waals surface area (Å²) < 4.78 is 0. The minimum absolute atomic E-state index is 0. The van der Waals surface area contributed by atoms with E-state index in [1.165, 1.54) is 0 Å². The Morgan fingerprint density at radius 3 is 1.59 bits per heavy atom. The molecule has 0 aliphatic heterocycles. The predicted octanol–water partition coefficient (Wildman–Crippen LogP) is -2.07. The number of rotatable bonds is 3. The third-order valence-electron chi connectivity index (χ3n) is 1.60. The Balaban J connectivity index is 0.00000256. The summed E-state index contributed by atoms with van der Waals surface area (Å²) >= 11 is 0. The van der Waals surface area contributed by atoms with Crippen molar-refractivity contribution in [2.24, 2.45) is 0 Å². The molecule has 0 N–H and O–H groups in total. The minimum Gasteiger partial charge on any atom is -0.612 e. The van der Waals surface area contributed by atoms with Gasteiger partial charge in [-0.25, -0.2) is 0 Å². The van der Waals surface area contributed by atoms with E-state index >= 15 is 0 Å². The zero-order chi connectivity index (χ0) is 12.3. The van der Waals surface area contributed by atoms with E-state index in [2.05, 4.69) is 0 Å². The molecule has 9 nitrogen and oxygen atoms in total. The van der Waals surface area contributed by atoms with Crippen LogP contribution in [0.5, 0.6) is 0 Å². The van der Waals surface area contributed by atoms with Crippen LogP contribution in [0.3, 0.4) is 0 Å². The minimum atomic E-state index is -0.857. The molecule has 0 atom stereocenters. The van der Waals surface area contributed by atoms with E-state index in [1.54, 1.807) is 0 Å². The Labute approximate surface area is 137 Å². The first-order valence-electron chi connectivity index (χ1n) is 3.82. The number of benzene rings is 1. The molecule has 10 heteroatoms.